The summed E-state index contributed by atoms with van der Waals surface area (Å²) in [4.78, 5) is 17.5. The number of nitrogens with zero attached hydrogens (tertiary/aromatic N) is 2. The van der Waals surface area contributed by atoms with Gasteiger partial charge in [-0.2, -0.15) is 11.8 Å². The summed E-state index contributed by atoms with van der Waals surface area (Å²) in [5.74, 6) is 3.35. The summed E-state index contributed by atoms with van der Waals surface area (Å²) in [6, 6.07) is 0.386. The highest BCUT2D eigenvalue weighted by molar-refractivity contribution is 8.00. The smallest absolute Gasteiger partial charge is 0.232 e. The van der Waals surface area contributed by atoms with Gasteiger partial charge in [-0.1, -0.05) is 12.8 Å². The Morgan fingerprint density at radius 1 is 1.13 bits per heavy atom. The maximum absolute atomic E-state index is 12.8. The minimum absolute atomic E-state index is 0.377. The molecular weight excluding hydrogens is 328 g/mol. The molecule has 0 aromatic rings. The number of amides is 1. The fraction of sp³-hybridized carbons (Fsp3) is 0.941. The summed E-state index contributed by atoms with van der Waals surface area (Å²) >= 11 is 3.93. The van der Waals surface area contributed by atoms with E-state index in [4.69, 9.17) is 4.74 Å². The van der Waals surface area contributed by atoms with Gasteiger partial charge in [-0.3, -0.25) is 9.69 Å². The number of hydrogen-bond acceptors (Lipinski definition) is 5. The maximum Gasteiger partial charge on any atom is 0.232 e. The molecule has 1 atom stereocenters. The van der Waals surface area contributed by atoms with Crippen LogP contribution in [0.25, 0.3) is 0 Å². The third kappa shape index (κ3) is 5.55. The summed E-state index contributed by atoms with van der Waals surface area (Å²) in [6.45, 7) is 5.68. The molecule has 0 N–H and O–H groups in total. The first-order valence-corrected chi connectivity index (χ1v) is 11.3. The highest BCUT2D eigenvalue weighted by atomic mass is 32.2. The van der Waals surface area contributed by atoms with Crippen LogP contribution in [-0.4, -0.2) is 83.7 Å². The van der Waals surface area contributed by atoms with Crippen LogP contribution in [0.1, 0.15) is 32.1 Å². The van der Waals surface area contributed by atoms with Crippen LogP contribution in [0.15, 0.2) is 0 Å². The lowest BCUT2D eigenvalue weighted by atomic mass is 10.2. The molecule has 2 saturated heterocycles. The minimum atomic E-state index is 0.377. The molecule has 3 fully saturated rings. The summed E-state index contributed by atoms with van der Waals surface area (Å²) in [5.41, 5.74) is 0. The van der Waals surface area contributed by atoms with E-state index in [9.17, 15) is 4.79 Å². The van der Waals surface area contributed by atoms with E-state index in [0.717, 1.165) is 56.8 Å². The van der Waals surface area contributed by atoms with Gasteiger partial charge in [0.15, 0.2) is 0 Å². The summed E-state index contributed by atoms with van der Waals surface area (Å²) in [7, 11) is 0. The molecule has 1 aliphatic carbocycles. The maximum atomic E-state index is 12.8. The topological polar surface area (TPSA) is 32.8 Å². The lowest BCUT2D eigenvalue weighted by molar-refractivity contribution is -0.130. The Balaban J connectivity index is 1.52. The van der Waals surface area contributed by atoms with Crippen molar-refractivity contribution < 1.29 is 9.53 Å². The third-order valence-electron chi connectivity index (χ3n) is 5.08. The molecule has 0 bridgehead atoms. The fourth-order valence-electron chi connectivity index (χ4n) is 3.72. The Labute approximate surface area is 149 Å². The van der Waals surface area contributed by atoms with Gasteiger partial charge in [-0.05, 0) is 25.0 Å². The second-order valence-electron chi connectivity index (χ2n) is 6.80. The Morgan fingerprint density at radius 2 is 1.91 bits per heavy atom. The van der Waals surface area contributed by atoms with Crippen molar-refractivity contribution in [3.05, 3.63) is 0 Å². The van der Waals surface area contributed by atoms with E-state index >= 15 is 0 Å². The lowest BCUT2D eigenvalue weighted by Gasteiger charge is -2.35. The van der Waals surface area contributed by atoms with Crippen molar-refractivity contribution in [2.75, 3.05) is 56.7 Å². The van der Waals surface area contributed by atoms with E-state index in [-0.39, 0.29) is 0 Å². The Bertz CT molecular complexity index is 372. The van der Waals surface area contributed by atoms with Crippen molar-refractivity contribution in [3.8, 4) is 0 Å². The van der Waals surface area contributed by atoms with Crippen molar-refractivity contribution in [1.29, 1.82) is 0 Å². The first kappa shape index (κ1) is 17.9. The van der Waals surface area contributed by atoms with E-state index in [2.05, 4.69) is 9.80 Å². The first-order chi connectivity index (χ1) is 11.3. The molecule has 0 radical (unpaired) electrons. The van der Waals surface area contributed by atoms with E-state index in [1.807, 2.05) is 23.5 Å². The van der Waals surface area contributed by atoms with E-state index in [0.29, 0.717) is 17.7 Å². The molecule has 1 saturated carbocycles. The lowest BCUT2D eigenvalue weighted by Crippen LogP contribution is -2.51. The Hall–Kier alpha value is 0.0900. The number of hydrogen-bond donors (Lipinski definition) is 0. The molecule has 132 valence electrons. The highest BCUT2D eigenvalue weighted by Crippen LogP contribution is 2.30. The molecule has 0 spiro atoms. The number of carbonyl (C=O) groups is 1. The molecule has 3 aliphatic rings. The fourth-order valence-corrected chi connectivity index (χ4v) is 5.99. The predicted octanol–water partition coefficient (Wildman–Crippen LogP) is 2.33. The quantitative estimate of drug-likeness (QED) is 0.753. The SMILES string of the molecule is O=C(CSC1CCCC1)N1CCCSCC1CN1CCOCC1. The van der Waals surface area contributed by atoms with Crippen molar-refractivity contribution in [3.63, 3.8) is 0 Å². The summed E-state index contributed by atoms with van der Waals surface area (Å²) in [5, 5.41) is 0.734. The molecule has 1 amide bonds. The average molecular weight is 359 g/mol. The van der Waals surface area contributed by atoms with Gasteiger partial charge in [0, 0.05) is 37.2 Å². The van der Waals surface area contributed by atoms with E-state index < -0.39 is 0 Å². The normalized spacial score (nSPS) is 28.0. The van der Waals surface area contributed by atoms with Crippen LogP contribution < -0.4 is 0 Å². The van der Waals surface area contributed by atoms with Gasteiger partial charge in [0.1, 0.15) is 0 Å². The molecule has 0 aromatic heterocycles. The number of morpholine rings is 1. The molecule has 23 heavy (non-hydrogen) atoms. The van der Waals surface area contributed by atoms with Gasteiger partial charge in [-0.25, -0.2) is 0 Å². The Morgan fingerprint density at radius 3 is 2.70 bits per heavy atom. The highest BCUT2D eigenvalue weighted by Gasteiger charge is 2.28. The number of thioether (sulfide) groups is 2. The average Bonchev–Trinajstić information content (AvgIpc) is 2.99. The zero-order chi connectivity index (χ0) is 15.9. The standard InChI is InChI=1S/C17H30N2O2S2/c20-17(14-23-16-4-1-2-5-16)19-6-3-11-22-13-15(19)12-18-7-9-21-10-8-18/h15-16H,1-14H2. The molecule has 1 unspecified atom stereocenters. The first-order valence-electron chi connectivity index (χ1n) is 9.12. The number of rotatable bonds is 5. The Kier molecular flexibility index (Phi) is 7.42. The van der Waals surface area contributed by atoms with Crippen molar-refractivity contribution in [2.24, 2.45) is 0 Å². The van der Waals surface area contributed by atoms with Gasteiger partial charge in [0.05, 0.1) is 25.0 Å². The molecule has 4 nitrogen and oxygen atoms in total. The van der Waals surface area contributed by atoms with Crippen molar-refractivity contribution >= 4 is 29.4 Å². The van der Waals surface area contributed by atoms with E-state index in [1.54, 1.807) is 0 Å². The third-order valence-corrected chi connectivity index (χ3v) is 7.63. The molecule has 6 heteroatoms. The van der Waals surface area contributed by atoms with Crippen LogP contribution in [0, 0.1) is 0 Å². The van der Waals surface area contributed by atoms with Crippen LogP contribution >= 0.6 is 23.5 Å². The van der Waals surface area contributed by atoms with Gasteiger partial charge < -0.3 is 9.64 Å². The van der Waals surface area contributed by atoms with Crippen LogP contribution in [0.5, 0.6) is 0 Å². The molecule has 2 heterocycles. The summed E-state index contributed by atoms with van der Waals surface area (Å²) < 4.78 is 5.45. The number of carbonyl (C=O) groups excluding carboxylic acids is 1. The molecule has 2 aliphatic heterocycles. The second kappa shape index (κ2) is 9.54. The zero-order valence-electron chi connectivity index (χ0n) is 14.1. The van der Waals surface area contributed by atoms with Crippen LogP contribution in [0.4, 0.5) is 0 Å². The number of ether oxygens (including phenoxy) is 1. The molecule has 0 aromatic carbocycles. The van der Waals surface area contributed by atoms with Gasteiger partial charge in [-0.15, -0.1) is 11.8 Å². The second-order valence-corrected chi connectivity index (χ2v) is 9.24. The van der Waals surface area contributed by atoms with Crippen molar-refractivity contribution in [2.45, 2.75) is 43.4 Å². The van der Waals surface area contributed by atoms with Gasteiger partial charge in [0.25, 0.3) is 0 Å². The molecule has 3 rings (SSSR count). The van der Waals surface area contributed by atoms with Gasteiger partial charge >= 0.3 is 0 Å². The molecular formula is C17H30N2O2S2. The monoisotopic (exact) mass is 358 g/mol. The zero-order valence-corrected chi connectivity index (χ0v) is 15.7. The van der Waals surface area contributed by atoms with Crippen LogP contribution in [0.2, 0.25) is 0 Å². The van der Waals surface area contributed by atoms with E-state index in [1.165, 1.54) is 31.4 Å². The van der Waals surface area contributed by atoms with Gasteiger partial charge in [0.2, 0.25) is 5.91 Å². The largest absolute Gasteiger partial charge is 0.379 e. The summed E-state index contributed by atoms with van der Waals surface area (Å²) in [6.07, 6.45) is 6.47. The van der Waals surface area contributed by atoms with Crippen LogP contribution in [0.3, 0.4) is 0 Å². The van der Waals surface area contributed by atoms with Crippen molar-refractivity contribution in [1.82, 2.24) is 9.80 Å². The van der Waals surface area contributed by atoms with Crippen LogP contribution in [-0.2, 0) is 9.53 Å². The minimum Gasteiger partial charge on any atom is -0.379 e. The predicted molar refractivity (Wildman–Crippen MR) is 99.4 cm³/mol.